The smallest absolute Gasteiger partial charge is 0.251 e. The summed E-state index contributed by atoms with van der Waals surface area (Å²) in [6.07, 6.45) is 0.882. The summed E-state index contributed by atoms with van der Waals surface area (Å²) in [5.41, 5.74) is 1.90. The molecule has 70 valence electrons. The highest BCUT2D eigenvalue weighted by molar-refractivity contribution is 7.15. The van der Waals surface area contributed by atoms with Crippen molar-refractivity contribution in [3.05, 3.63) is 35.4 Å². The molecule has 1 amide bonds. The maximum Gasteiger partial charge on any atom is 0.251 e. The molecular formula is C10H14NOP. The minimum absolute atomic E-state index is 0.00259. The van der Waals surface area contributed by atoms with Gasteiger partial charge in [0.15, 0.2) is 0 Å². The van der Waals surface area contributed by atoms with Crippen LogP contribution in [-0.2, 0) is 6.16 Å². The minimum atomic E-state index is 0.00259. The molecule has 0 aliphatic heterocycles. The van der Waals surface area contributed by atoms with Gasteiger partial charge >= 0.3 is 0 Å². The van der Waals surface area contributed by atoms with E-state index in [-0.39, 0.29) is 5.91 Å². The van der Waals surface area contributed by atoms with Gasteiger partial charge in [-0.05, 0) is 30.8 Å². The molecule has 1 rings (SSSR count). The van der Waals surface area contributed by atoms with Gasteiger partial charge in [0.25, 0.3) is 5.91 Å². The van der Waals surface area contributed by atoms with Crippen LogP contribution in [0.4, 0.5) is 0 Å². The number of nitrogens with one attached hydrogen (secondary N) is 1. The Morgan fingerprint density at radius 3 is 2.92 bits per heavy atom. The highest BCUT2D eigenvalue weighted by Gasteiger charge is 2.02. The summed E-state index contributed by atoms with van der Waals surface area (Å²) in [7, 11) is 2.64. The van der Waals surface area contributed by atoms with Crippen molar-refractivity contribution < 1.29 is 4.79 Å². The summed E-state index contributed by atoms with van der Waals surface area (Å²) in [4.78, 5) is 11.4. The summed E-state index contributed by atoms with van der Waals surface area (Å²) in [5.74, 6) is 0.00259. The first-order valence-electron chi connectivity index (χ1n) is 4.35. The van der Waals surface area contributed by atoms with E-state index in [0.29, 0.717) is 6.54 Å². The van der Waals surface area contributed by atoms with Crippen LogP contribution in [0, 0.1) is 0 Å². The lowest BCUT2D eigenvalue weighted by molar-refractivity contribution is 0.0956. The third-order valence-electron chi connectivity index (χ3n) is 1.76. The first-order chi connectivity index (χ1) is 6.27. The summed E-state index contributed by atoms with van der Waals surface area (Å²) in [5, 5.41) is 2.77. The Kier molecular flexibility index (Phi) is 3.91. The zero-order valence-electron chi connectivity index (χ0n) is 7.71. The number of hydrogen-bond donors (Lipinski definition) is 1. The fourth-order valence-electron chi connectivity index (χ4n) is 1.10. The van der Waals surface area contributed by atoms with E-state index in [9.17, 15) is 4.79 Å². The predicted molar refractivity (Wildman–Crippen MR) is 57.9 cm³/mol. The van der Waals surface area contributed by atoms with Crippen LogP contribution in [0.25, 0.3) is 0 Å². The monoisotopic (exact) mass is 195 g/mol. The maximum absolute atomic E-state index is 11.4. The molecule has 1 N–H and O–H groups in total. The third kappa shape index (κ3) is 2.82. The lowest BCUT2D eigenvalue weighted by Gasteiger charge is -2.03. The molecule has 1 aromatic carbocycles. The van der Waals surface area contributed by atoms with Gasteiger partial charge in [0.1, 0.15) is 0 Å². The number of hydrogen-bond acceptors (Lipinski definition) is 1. The van der Waals surface area contributed by atoms with Crippen molar-refractivity contribution in [3.63, 3.8) is 0 Å². The second kappa shape index (κ2) is 4.98. The molecule has 0 fully saturated rings. The molecule has 0 saturated carbocycles. The lowest BCUT2D eigenvalue weighted by atomic mass is 10.1. The predicted octanol–water partition coefficient (Wildman–Crippen LogP) is 1.81. The van der Waals surface area contributed by atoms with Crippen LogP contribution in [0.15, 0.2) is 24.3 Å². The Labute approximate surface area is 80.9 Å². The van der Waals surface area contributed by atoms with Gasteiger partial charge in [0.05, 0.1) is 0 Å². The standard InChI is InChI=1S/C10H14NOP/c1-2-11-10(12)9-5-3-4-8(6-9)7-13/h3-6H,2,7,13H2,1H3,(H,11,12). The van der Waals surface area contributed by atoms with Crippen molar-refractivity contribution in [1.82, 2.24) is 5.32 Å². The molecule has 0 aliphatic carbocycles. The molecule has 2 nitrogen and oxygen atoms in total. The molecule has 0 bridgehead atoms. The average Bonchev–Trinajstić information content (AvgIpc) is 2.18. The fraction of sp³-hybridized carbons (Fsp3) is 0.300. The van der Waals surface area contributed by atoms with E-state index in [0.717, 1.165) is 17.3 Å². The highest BCUT2D eigenvalue weighted by atomic mass is 31.0. The van der Waals surface area contributed by atoms with E-state index in [4.69, 9.17) is 0 Å². The average molecular weight is 195 g/mol. The van der Waals surface area contributed by atoms with Gasteiger partial charge in [-0.15, -0.1) is 9.24 Å². The highest BCUT2D eigenvalue weighted by Crippen LogP contribution is 2.08. The first-order valence-corrected chi connectivity index (χ1v) is 5.16. The second-order valence-corrected chi connectivity index (χ2v) is 3.17. The van der Waals surface area contributed by atoms with Crippen LogP contribution in [-0.4, -0.2) is 12.5 Å². The van der Waals surface area contributed by atoms with E-state index >= 15 is 0 Å². The Bertz CT molecular complexity index is 299. The maximum atomic E-state index is 11.4. The van der Waals surface area contributed by atoms with Crippen LogP contribution in [0.5, 0.6) is 0 Å². The van der Waals surface area contributed by atoms with Crippen molar-refractivity contribution in [2.45, 2.75) is 13.1 Å². The normalized spacial score (nSPS) is 9.69. The van der Waals surface area contributed by atoms with Crippen LogP contribution in [0.1, 0.15) is 22.8 Å². The first kappa shape index (κ1) is 10.2. The molecule has 1 atom stereocenters. The van der Waals surface area contributed by atoms with Crippen molar-refractivity contribution >= 4 is 15.1 Å². The van der Waals surface area contributed by atoms with E-state index in [1.807, 2.05) is 31.2 Å². The van der Waals surface area contributed by atoms with Crippen molar-refractivity contribution in [1.29, 1.82) is 0 Å². The molecule has 0 heterocycles. The van der Waals surface area contributed by atoms with Crippen LogP contribution < -0.4 is 5.32 Å². The quantitative estimate of drug-likeness (QED) is 0.732. The molecular weight excluding hydrogens is 181 g/mol. The molecule has 0 saturated heterocycles. The van der Waals surface area contributed by atoms with Crippen LogP contribution >= 0.6 is 9.24 Å². The molecule has 13 heavy (non-hydrogen) atoms. The number of carbonyl (C=O) groups excluding carboxylic acids is 1. The molecule has 1 aromatic rings. The Balaban J connectivity index is 2.82. The van der Waals surface area contributed by atoms with E-state index < -0.39 is 0 Å². The summed E-state index contributed by atoms with van der Waals surface area (Å²) in [6, 6.07) is 7.66. The molecule has 0 radical (unpaired) electrons. The zero-order chi connectivity index (χ0) is 9.68. The van der Waals surface area contributed by atoms with Gasteiger partial charge in [-0.3, -0.25) is 4.79 Å². The van der Waals surface area contributed by atoms with E-state index in [1.54, 1.807) is 0 Å². The van der Waals surface area contributed by atoms with Gasteiger partial charge < -0.3 is 5.32 Å². The Morgan fingerprint density at radius 2 is 2.31 bits per heavy atom. The number of benzene rings is 1. The zero-order valence-corrected chi connectivity index (χ0v) is 8.86. The Hall–Kier alpha value is -0.880. The molecule has 0 spiro atoms. The topological polar surface area (TPSA) is 29.1 Å². The minimum Gasteiger partial charge on any atom is -0.352 e. The molecule has 0 aliphatic rings. The van der Waals surface area contributed by atoms with Crippen LogP contribution in [0.3, 0.4) is 0 Å². The number of amides is 1. The van der Waals surface area contributed by atoms with E-state index in [2.05, 4.69) is 14.6 Å². The molecule has 0 aromatic heterocycles. The SMILES string of the molecule is CCNC(=O)c1cccc(CP)c1. The molecule has 1 unspecified atom stereocenters. The van der Waals surface area contributed by atoms with Crippen LogP contribution in [0.2, 0.25) is 0 Å². The van der Waals surface area contributed by atoms with E-state index in [1.165, 1.54) is 0 Å². The van der Waals surface area contributed by atoms with Gasteiger partial charge in [0.2, 0.25) is 0 Å². The second-order valence-electron chi connectivity index (χ2n) is 2.76. The van der Waals surface area contributed by atoms with Gasteiger partial charge in [-0.1, -0.05) is 12.1 Å². The summed E-state index contributed by atoms with van der Waals surface area (Å²) in [6.45, 7) is 2.58. The Morgan fingerprint density at radius 1 is 1.54 bits per heavy atom. The van der Waals surface area contributed by atoms with Crippen molar-refractivity contribution in [2.75, 3.05) is 6.54 Å². The summed E-state index contributed by atoms with van der Waals surface area (Å²) >= 11 is 0. The molecule has 3 heteroatoms. The van der Waals surface area contributed by atoms with Crippen molar-refractivity contribution in [3.8, 4) is 0 Å². The lowest BCUT2D eigenvalue weighted by Crippen LogP contribution is -2.22. The largest absolute Gasteiger partial charge is 0.352 e. The fourth-order valence-corrected chi connectivity index (χ4v) is 1.36. The number of carbonyl (C=O) groups is 1. The van der Waals surface area contributed by atoms with Gasteiger partial charge in [-0.25, -0.2) is 0 Å². The van der Waals surface area contributed by atoms with Gasteiger partial charge in [-0.2, -0.15) is 0 Å². The third-order valence-corrected chi connectivity index (χ3v) is 2.23. The van der Waals surface area contributed by atoms with Crippen molar-refractivity contribution in [2.24, 2.45) is 0 Å². The number of rotatable bonds is 3. The summed E-state index contributed by atoms with van der Waals surface area (Å²) < 4.78 is 0. The van der Waals surface area contributed by atoms with Gasteiger partial charge in [0, 0.05) is 12.1 Å².